The van der Waals surface area contributed by atoms with Gasteiger partial charge in [0.25, 0.3) is 0 Å². The highest BCUT2D eigenvalue weighted by molar-refractivity contribution is 8.77. The minimum atomic E-state index is -0.744. The van der Waals surface area contributed by atoms with E-state index in [2.05, 4.69) is 55.2 Å². The zero-order chi connectivity index (χ0) is 22.8. The van der Waals surface area contributed by atoms with Gasteiger partial charge in [0.05, 0.1) is 0 Å². The first-order valence-electron chi connectivity index (χ1n) is 10.9. The van der Waals surface area contributed by atoms with Crippen LogP contribution in [0, 0.1) is 0 Å². The van der Waals surface area contributed by atoms with E-state index in [0.29, 0.717) is 11.7 Å². The SMILES string of the molecule is C=C(C)CSSC(C)CCC(=O)NC(c1ccccc1)(c1ccccc1)c1ccccc1. The molecule has 0 heterocycles. The van der Waals surface area contributed by atoms with Gasteiger partial charge in [-0.25, -0.2) is 0 Å². The second-order valence-electron chi connectivity index (χ2n) is 8.06. The number of carbonyl (C=O) groups is 1. The highest BCUT2D eigenvalue weighted by Gasteiger charge is 2.37. The minimum Gasteiger partial charge on any atom is -0.338 e. The number of nitrogens with one attached hydrogen (secondary N) is 1. The van der Waals surface area contributed by atoms with Crippen molar-refractivity contribution in [3.8, 4) is 0 Å². The van der Waals surface area contributed by atoms with Crippen molar-refractivity contribution in [3.05, 3.63) is 120 Å². The Morgan fingerprint density at radius 1 is 0.875 bits per heavy atom. The monoisotopic (exact) mass is 461 g/mol. The zero-order valence-corrected chi connectivity index (χ0v) is 20.4. The van der Waals surface area contributed by atoms with Crippen LogP contribution in [0.15, 0.2) is 103 Å². The van der Waals surface area contributed by atoms with E-state index in [1.54, 1.807) is 0 Å². The summed E-state index contributed by atoms with van der Waals surface area (Å²) in [6.07, 6.45) is 1.31. The Labute approximate surface area is 200 Å². The Hall–Kier alpha value is -2.43. The van der Waals surface area contributed by atoms with E-state index in [4.69, 9.17) is 0 Å². The van der Waals surface area contributed by atoms with Crippen molar-refractivity contribution in [2.24, 2.45) is 0 Å². The van der Waals surface area contributed by atoms with Gasteiger partial charge in [-0.2, -0.15) is 0 Å². The van der Waals surface area contributed by atoms with E-state index in [1.807, 2.05) is 83.1 Å². The summed E-state index contributed by atoms with van der Waals surface area (Å²) in [5.41, 5.74) is 3.57. The third-order valence-electron chi connectivity index (χ3n) is 5.26. The Bertz CT molecular complexity index is 893. The molecule has 0 aliphatic heterocycles. The number of amides is 1. The van der Waals surface area contributed by atoms with E-state index < -0.39 is 5.54 Å². The molecular weight excluding hydrogens is 430 g/mol. The van der Waals surface area contributed by atoms with Gasteiger partial charge < -0.3 is 5.32 Å². The standard InChI is InChI=1S/C28H31NOS2/c1-22(2)21-31-32-23(3)19-20-27(30)29-28(24-13-7-4-8-14-24,25-15-9-5-10-16-25)26-17-11-6-12-18-26/h4-18,23H,1,19-21H2,2-3H3,(H,29,30). The number of hydrogen-bond donors (Lipinski definition) is 1. The molecule has 4 heteroatoms. The maximum Gasteiger partial charge on any atom is 0.221 e. The minimum absolute atomic E-state index is 0.0545. The summed E-state index contributed by atoms with van der Waals surface area (Å²) in [6.45, 7) is 8.18. The van der Waals surface area contributed by atoms with Crippen LogP contribution in [-0.4, -0.2) is 16.9 Å². The number of benzene rings is 3. The van der Waals surface area contributed by atoms with Gasteiger partial charge in [0, 0.05) is 17.4 Å². The smallest absolute Gasteiger partial charge is 0.221 e. The van der Waals surface area contributed by atoms with Crippen LogP contribution in [0.25, 0.3) is 0 Å². The van der Waals surface area contributed by atoms with Crippen molar-refractivity contribution in [1.29, 1.82) is 0 Å². The fourth-order valence-electron chi connectivity index (χ4n) is 3.69. The van der Waals surface area contributed by atoms with Crippen molar-refractivity contribution in [1.82, 2.24) is 5.32 Å². The fraction of sp³-hybridized carbons (Fsp3) is 0.250. The first kappa shape index (κ1) is 24.2. The Morgan fingerprint density at radius 3 is 1.72 bits per heavy atom. The van der Waals surface area contributed by atoms with Gasteiger partial charge in [0.2, 0.25) is 5.91 Å². The molecule has 1 N–H and O–H groups in total. The van der Waals surface area contributed by atoms with Crippen LogP contribution in [-0.2, 0) is 10.3 Å². The fourth-order valence-corrected chi connectivity index (χ4v) is 6.19. The maximum atomic E-state index is 13.3. The summed E-state index contributed by atoms with van der Waals surface area (Å²) >= 11 is 0. The van der Waals surface area contributed by atoms with Gasteiger partial charge >= 0.3 is 0 Å². The lowest BCUT2D eigenvalue weighted by Crippen LogP contribution is -2.47. The van der Waals surface area contributed by atoms with Crippen molar-refractivity contribution >= 4 is 27.5 Å². The summed E-state index contributed by atoms with van der Waals surface area (Å²) < 4.78 is 0. The molecule has 2 nitrogen and oxygen atoms in total. The molecule has 3 aromatic carbocycles. The third kappa shape index (κ3) is 6.30. The predicted octanol–water partition coefficient (Wildman–Crippen LogP) is 7.22. The normalized spacial score (nSPS) is 12.2. The molecule has 1 amide bonds. The van der Waals surface area contributed by atoms with E-state index in [0.717, 1.165) is 28.9 Å². The first-order chi connectivity index (χ1) is 15.5. The summed E-state index contributed by atoms with van der Waals surface area (Å²) in [6, 6.07) is 30.7. The van der Waals surface area contributed by atoms with Crippen molar-refractivity contribution < 1.29 is 4.79 Å². The second-order valence-corrected chi connectivity index (χ2v) is 10.9. The Kier molecular flexibility index (Phi) is 9.07. The van der Waals surface area contributed by atoms with E-state index in [9.17, 15) is 4.79 Å². The lowest BCUT2D eigenvalue weighted by atomic mass is 9.77. The van der Waals surface area contributed by atoms with Crippen LogP contribution in [0.2, 0.25) is 0 Å². The van der Waals surface area contributed by atoms with E-state index >= 15 is 0 Å². The van der Waals surface area contributed by atoms with Gasteiger partial charge in [-0.1, -0.05) is 132 Å². The molecule has 0 aromatic heterocycles. The predicted molar refractivity (Wildman–Crippen MR) is 141 cm³/mol. The summed E-state index contributed by atoms with van der Waals surface area (Å²) in [4.78, 5) is 13.3. The molecule has 1 unspecified atom stereocenters. The van der Waals surface area contributed by atoms with Gasteiger partial charge in [0.15, 0.2) is 0 Å². The summed E-state index contributed by atoms with van der Waals surface area (Å²) in [7, 11) is 3.64. The van der Waals surface area contributed by atoms with Crippen molar-refractivity contribution in [2.45, 2.75) is 37.5 Å². The summed E-state index contributed by atoms with van der Waals surface area (Å²) in [5, 5.41) is 3.83. The molecule has 0 aliphatic rings. The number of hydrogen-bond acceptors (Lipinski definition) is 3. The molecule has 0 spiro atoms. The van der Waals surface area contributed by atoms with Crippen LogP contribution in [0.5, 0.6) is 0 Å². The van der Waals surface area contributed by atoms with Crippen molar-refractivity contribution in [3.63, 3.8) is 0 Å². The largest absolute Gasteiger partial charge is 0.338 e. The molecule has 3 aromatic rings. The molecule has 166 valence electrons. The quantitative estimate of drug-likeness (QED) is 0.186. The maximum absolute atomic E-state index is 13.3. The molecule has 0 fully saturated rings. The van der Waals surface area contributed by atoms with Crippen LogP contribution >= 0.6 is 21.6 Å². The van der Waals surface area contributed by atoms with Gasteiger partial charge in [-0.05, 0) is 30.0 Å². The number of rotatable bonds is 11. The molecule has 0 bridgehead atoms. The Morgan fingerprint density at radius 2 is 1.31 bits per heavy atom. The van der Waals surface area contributed by atoms with E-state index in [1.165, 1.54) is 5.57 Å². The van der Waals surface area contributed by atoms with Gasteiger partial charge in [0.1, 0.15) is 5.54 Å². The van der Waals surface area contributed by atoms with Crippen LogP contribution in [0.3, 0.4) is 0 Å². The molecule has 3 rings (SSSR count). The Balaban J connectivity index is 1.88. The topological polar surface area (TPSA) is 29.1 Å². The number of carbonyl (C=O) groups excluding carboxylic acids is 1. The molecule has 1 atom stereocenters. The lowest BCUT2D eigenvalue weighted by Gasteiger charge is -2.37. The molecule has 0 saturated heterocycles. The van der Waals surface area contributed by atoms with Crippen LogP contribution in [0.1, 0.15) is 43.4 Å². The summed E-state index contributed by atoms with van der Waals surface area (Å²) in [5.74, 6) is 0.999. The van der Waals surface area contributed by atoms with Crippen LogP contribution < -0.4 is 5.32 Å². The highest BCUT2D eigenvalue weighted by Crippen LogP contribution is 2.37. The molecule has 0 saturated carbocycles. The highest BCUT2D eigenvalue weighted by atomic mass is 33.1. The van der Waals surface area contributed by atoms with Crippen molar-refractivity contribution in [2.75, 3.05) is 5.75 Å². The van der Waals surface area contributed by atoms with Crippen LogP contribution in [0.4, 0.5) is 0 Å². The van der Waals surface area contributed by atoms with Gasteiger partial charge in [-0.15, -0.1) is 0 Å². The zero-order valence-electron chi connectivity index (χ0n) is 18.8. The lowest BCUT2D eigenvalue weighted by molar-refractivity contribution is -0.122. The molecule has 0 aliphatic carbocycles. The van der Waals surface area contributed by atoms with Gasteiger partial charge in [-0.3, -0.25) is 4.79 Å². The second kappa shape index (κ2) is 12.0. The average molecular weight is 462 g/mol. The molecule has 32 heavy (non-hydrogen) atoms. The van der Waals surface area contributed by atoms with E-state index in [-0.39, 0.29) is 5.91 Å². The molecular formula is C28H31NOS2. The third-order valence-corrected chi connectivity index (χ3v) is 8.32. The molecule has 0 radical (unpaired) electrons. The first-order valence-corrected chi connectivity index (χ1v) is 13.3. The average Bonchev–Trinajstić information content (AvgIpc) is 2.83.